The van der Waals surface area contributed by atoms with Crippen molar-refractivity contribution in [3.05, 3.63) is 11.7 Å². The summed E-state index contributed by atoms with van der Waals surface area (Å²) in [7, 11) is 0. The average molecular weight is 265 g/mol. The lowest BCUT2D eigenvalue weighted by atomic mass is 9.96. The summed E-state index contributed by atoms with van der Waals surface area (Å²) in [5, 5.41) is 4.20. The molecule has 2 unspecified atom stereocenters. The van der Waals surface area contributed by atoms with Crippen LogP contribution in [0.3, 0.4) is 0 Å². The average Bonchev–Trinajstić information content (AvgIpc) is 2.90. The normalized spacial score (nSPS) is 31.9. The third kappa shape index (κ3) is 2.40. The molecule has 1 aromatic heterocycles. The predicted molar refractivity (Wildman–Crippen MR) is 71.7 cm³/mol. The zero-order valence-electron chi connectivity index (χ0n) is 11.7. The molecule has 0 spiro atoms. The maximum atomic E-state index is 5.81. The summed E-state index contributed by atoms with van der Waals surface area (Å²) < 4.78 is 5.45. The van der Waals surface area contributed by atoms with Gasteiger partial charge in [-0.25, -0.2) is 0 Å². The van der Waals surface area contributed by atoms with Gasteiger partial charge in [-0.15, -0.1) is 0 Å². The van der Waals surface area contributed by atoms with Gasteiger partial charge in [0.05, 0.1) is 12.0 Å². The molecule has 0 aromatic carbocycles. The van der Waals surface area contributed by atoms with E-state index in [1.165, 1.54) is 13.1 Å². The van der Waals surface area contributed by atoms with Crippen molar-refractivity contribution in [1.29, 1.82) is 0 Å². The van der Waals surface area contributed by atoms with E-state index < -0.39 is 0 Å². The van der Waals surface area contributed by atoms with Crippen LogP contribution in [0.15, 0.2) is 4.52 Å². The van der Waals surface area contributed by atoms with Crippen molar-refractivity contribution < 1.29 is 4.52 Å². The van der Waals surface area contributed by atoms with E-state index in [-0.39, 0.29) is 5.92 Å². The van der Waals surface area contributed by atoms with Crippen LogP contribution < -0.4 is 5.73 Å². The van der Waals surface area contributed by atoms with Gasteiger partial charge < -0.3 is 10.3 Å². The number of nitrogens with zero attached hydrogens (tertiary/aromatic N) is 4. The van der Waals surface area contributed by atoms with Crippen LogP contribution in [-0.2, 0) is 0 Å². The molecule has 6 nitrogen and oxygen atoms in total. The Morgan fingerprint density at radius 3 is 2.58 bits per heavy atom. The van der Waals surface area contributed by atoms with Crippen LogP contribution in [-0.4, -0.2) is 59.2 Å². The van der Waals surface area contributed by atoms with E-state index in [9.17, 15) is 0 Å². The summed E-state index contributed by atoms with van der Waals surface area (Å²) >= 11 is 0. The van der Waals surface area contributed by atoms with E-state index in [1.807, 2.05) is 0 Å². The van der Waals surface area contributed by atoms with Gasteiger partial charge in [0.2, 0.25) is 5.89 Å². The zero-order valence-corrected chi connectivity index (χ0v) is 11.7. The second-order valence-corrected chi connectivity index (χ2v) is 5.93. The van der Waals surface area contributed by atoms with E-state index >= 15 is 0 Å². The fourth-order valence-corrected chi connectivity index (χ4v) is 3.05. The number of hydrogen-bond donors (Lipinski definition) is 1. The van der Waals surface area contributed by atoms with Crippen molar-refractivity contribution >= 4 is 0 Å². The zero-order chi connectivity index (χ0) is 13.4. The third-order valence-electron chi connectivity index (χ3n) is 4.41. The first-order chi connectivity index (χ1) is 9.19. The van der Waals surface area contributed by atoms with Crippen LogP contribution in [0.1, 0.15) is 37.5 Å². The van der Waals surface area contributed by atoms with E-state index in [2.05, 4.69) is 33.8 Å². The lowest BCUT2D eigenvalue weighted by Crippen LogP contribution is -2.57. The SMILES string of the molecule is CC(C)C(CN)c1nc(C2CN3CCN2CC3)no1. The Morgan fingerprint density at radius 1 is 1.32 bits per heavy atom. The molecule has 0 aliphatic carbocycles. The highest BCUT2D eigenvalue weighted by Crippen LogP contribution is 2.29. The predicted octanol–water partition coefficient (Wildman–Crippen LogP) is 0.440. The number of fused-ring (bicyclic) bond motifs is 3. The Morgan fingerprint density at radius 2 is 2.05 bits per heavy atom. The first kappa shape index (κ1) is 13.0. The topological polar surface area (TPSA) is 71.4 Å². The van der Waals surface area contributed by atoms with Crippen molar-refractivity contribution in [2.75, 3.05) is 39.3 Å². The summed E-state index contributed by atoms with van der Waals surface area (Å²) in [6.07, 6.45) is 0. The number of hydrogen-bond acceptors (Lipinski definition) is 6. The molecule has 6 heteroatoms. The molecule has 2 N–H and O–H groups in total. The molecule has 1 aromatic rings. The maximum Gasteiger partial charge on any atom is 0.231 e. The Hall–Kier alpha value is -0.980. The molecule has 4 heterocycles. The number of nitrogens with two attached hydrogens (primary N) is 1. The van der Waals surface area contributed by atoms with Crippen LogP contribution in [0, 0.1) is 5.92 Å². The fourth-order valence-electron chi connectivity index (χ4n) is 3.05. The molecule has 3 saturated heterocycles. The quantitative estimate of drug-likeness (QED) is 0.852. The van der Waals surface area contributed by atoms with Gasteiger partial charge in [-0.1, -0.05) is 19.0 Å². The highest BCUT2D eigenvalue weighted by Gasteiger charge is 2.36. The molecular weight excluding hydrogens is 242 g/mol. The summed E-state index contributed by atoms with van der Waals surface area (Å²) in [4.78, 5) is 9.55. The highest BCUT2D eigenvalue weighted by molar-refractivity contribution is 5.04. The summed E-state index contributed by atoms with van der Waals surface area (Å²) in [6.45, 7) is 10.4. The molecule has 2 atom stereocenters. The second-order valence-electron chi connectivity index (χ2n) is 5.93. The number of piperazine rings is 3. The van der Waals surface area contributed by atoms with Crippen LogP contribution in [0.2, 0.25) is 0 Å². The highest BCUT2D eigenvalue weighted by atomic mass is 16.5. The van der Waals surface area contributed by atoms with E-state index in [0.29, 0.717) is 24.4 Å². The van der Waals surface area contributed by atoms with Gasteiger partial charge in [0.25, 0.3) is 0 Å². The Bertz CT molecular complexity index is 424. The Kier molecular flexibility index (Phi) is 3.56. The largest absolute Gasteiger partial charge is 0.339 e. The third-order valence-corrected chi connectivity index (χ3v) is 4.41. The second kappa shape index (κ2) is 5.19. The monoisotopic (exact) mass is 265 g/mol. The molecule has 106 valence electrons. The van der Waals surface area contributed by atoms with E-state index in [4.69, 9.17) is 10.3 Å². The fraction of sp³-hybridized carbons (Fsp3) is 0.846. The molecule has 0 radical (unpaired) electrons. The van der Waals surface area contributed by atoms with Crippen LogP contribution in [0.25, 0.3) is 0 Å². The standard InChI is InChI=1S/C13H23N5O/c1-9(2)10(7-14)13-15-12(16-19-13)11-8-17-3-5-18(11)6-4-17/h9-11H,3-8,14H2,1-2H3. The summed E-state index contributed by atoms with van der Waals surface area (Å²) in [5.41, 5.74) is 5.81. The molecule has 4 rings (SSSR count). The van der Waals surface area contributed by atoms with Crippen LogP contribution in [0.4, 0.5) is 0 Å². The molecule has 19 heavy (non-hydrogen) atoms. The smallest absolute Gasteiger partial charge is 0.231 e. The minimum Gasteiger partial charge on any atom is -0.339 e. The van der Waals surface area contributed by atoms with Crippen molar-refractivity contribution in [2.45, 2.75) is 25.8 Å². The van der Waals surface area contributed by atoms with Crippen LogP contribution >= 0.6 is 0 Å². The molecule has 0 amide bonds. The number of rotatable bonds is 4. The van der Waals surface area contributed by atoms with E-state index in [0.717, 1.165) is 25.5 Å². The maximum absolute atomic E-state index is 5.81. The summed E-state index contributed by atoms with van der Waals surface area (Å²) in [5.74, 6) is 2.12. The molecule has 3 aliphatic rings. The molecule has 3 fully saturated rings. The minimum absolute atomic E-state index is 0.164. The Labute approximate surface area is 113 Å². The van der Waals surface area contributed by atoms with Crippen molar-refractivity contribution in [2.24, 2.45) is 11.7 Å². The lowest BCUT2D eigenvalue weighted by Gasteiger charge is -2.46. The van der Waals surface area contributed by atoms with Gasteiger partial charge in [-0.3, -0.25) is 9.80 Å². The van der Waals surface area contributed by atoms with Gasteiger partial charge >= 0.3 is 0 Å². The van der Waals surface area contributed by atoms with Gasteiger partial charge in [0, 0.05) is 39.3 Å². The van der Waals surface area contributed by atoms with Crippen molar-refractivity contribution in [3.8, 4) is 0 Å². The van der Waals surface area contributed by atoms with Gasteiger partial charge in [0.15, 0.2) is 5.82 Å². The summed E-state index contributed by atoms with van der Waals surface area (Å²) in [6, 6.07) is 0.297. The van der Waals surface area contributed by atoms with Gasteiger partial charge in [0.1, 0.15) is 0 Å². The van der Waals surface area contributed by atoms with E-state index in [1.54, 1.807) is 0 Å². The number of aromatic nitrogens is 2. The molecular formula is C13H23N5O. The van der Waals surface area contributed by atoms with Crippen molar-refractivity contribution in [1.82, 2.24) is 19.9 Å². The first-order valence-corrected chi connectivity index (χ1v) is 7.19. The lowest BCUT2D eigenvalue weighted by molar-refractivity contribution is 0.00781. The minimum atomic E-state index is 0.164. The molecule has 2 bridgehead atoms. The first-order valence-electron chi connectivity index (χ1n) is 7.19. The molecule has 0 saturated carbocycles. The van der Waals surface area contributed by atoms with Crippen LogP contribution in [0.5, 0.6) is 0 Å². The van der Waals surface area contributed by atoms with Gasteiger partial charge in [-0.05, 0) is 5.92 Å². The molecule has 3 aliphatic heterocycles. The Balaban J connectivity index is 1.77. The van der Waals surface area contributed by atoms with Gasteiger partial charge in [-0.2, -0.15) is 4.98 Å². The van der Waals surface area contributed by atoms with Crippen molar-refractivity contribution in [3.63, 3.8) is 0 Å².